The van der Waals surface area contributed by atoms with Crippen LogP contribution in [-0.4, -0.2) is 0 Å². The highest BCUT2D eigenvalue weighted by atomic mass is 14.4. The SMILES string of the molecule is CC.CC.CC1(C)C2=CCC=CC=C2c2ccccc21. The molecule has 20 heavy (non-hydrogen) atoms. The number of benzene rings is 1. The van der Waals surface area contributed by atoms with Gasteiger partial charge in [0.15, 0.2) is 0 Å². The Hall–Kier alpha value is -1.56. The summed E-state index contributed by atoms with van der Waals surface area (Å²) in [5.41, 5.74) is 5.93. The summed E-state index contributed by atoms with van der Waals surface area (Å²) in [5.74, 6) is 0. The van der Waals surface area contributed by atoms with Crippen LogP contribution in [0.1, 0.15) is 59.1 Å². The lowest BCUT2D eigenvalue weighted by Crippen LogP contribution is -2.14. The second-order valence-electron chi connectivity index (χ2n) is 5.03. The predicted octanol–water partition coefficient (Wildman–Crippen LogP) is 6.30. The Morgan fingerprint density at radius 2 is 1.60 bits per heavy atom. The molecule has 0 nitrogen and oxygen atoms in total. The molecule has 0 unspecified atom stereocenters. The van der Waals surface area contributed by atoms with Gasteiger partial charge in [0.1, 0.15) is 0 Å². The van der Waals surface area contributed by atoms with E-state index < -0.39 is 0 Å². The summed E-state index contributed by atoms with van der Waals surface area (Å²) < 4.78 is 0. The minimum Gasteiger partial charge on any atom is -0.0807 e. The lowest BCUT2D eigenvalue weighted by molar-refractivity contribution is 0.658. The topological polar surface area (TPSA) is 0 Å². The molecule has 0 amide bonds. The molecule has 1 aromatic carbocycles. The van der Waals surface area contributed by atoms with Crippen LogP contribution in [0.4, 0.5) is 0 Å². The van der Waals surface area contributed by atoms with Crippen molar-refractivity contribution in [2.75, 3.05) is 0 Å². The van der Waals surface area contributed by atoms with E-state index in [-0.39, 0.29) is 5.41 Å². The maximum atomic E-state index is 2.37. The molecule has 2 aliphatic carbocycles. The van der Waals surface area contributed by atoms with E-state index in [1.54, 1.807) is 0 Å². The molecule has 108 valence electrons. The van der Waals surface area contributed by atoms with E-state index in [0.717, 1.165) is 6.42 Å². The molecule has 0 heterocycles. The number of allylic oxidation sites excluding steroid dienone is 6. The predicted molar refractivity (Wildman–Crippen MR) is 92.0 cm³/mol. The summed E-state index contributed by atoms with van der Waals surface area (Å²) in [6.07, 6.45) is 10.1. The third kappa shape index (κ3) is 2.80. The van der Waals surface area contributed by atoms with Gasteiger partial charge >= 0.3 is 0 Å². The molecule has 0 N–H and O–H groups in total. The number of rotatable bonds is 0. The first-order chi connectivity index (χ1) is 9.71. The largest absolute Gasteiger partial charge is 0.0807 e. The molecule has 1 aromatic rings. The van der Waals surface area contributed by atoms with E-state index in [9.17, 15) is 0 Å². The first-order valence-electron chi connectivity index (χ1n) is 7.89. The van der Waals surface area contributed by atoms with Crippen LogP contribution in [0.2, 0.25) is 0 Å². The first kappa shape index (κ1) is 16.5. The van der Waals surface area contributed by atoms with E-state index in [4.69, 9.17) is 0 Å². The molecule has 0 saturated carbocycles. The number of hydrogen-bond acceptors (Lipinski definition) is 0. The van der Waals surface area contributed by atoms with E-state index >= 15 is 0 Å². The average molecular weight is 268 g/mol. The molecule has 0 radical (unpaired) electrons. The Morgan fingerprint density at radius 1 is 0.950 bits per heavy atom. The Kier molecular flexibility index (Phi) is 6.01. The maximum absolute atomic E-state index is 2.37. The van der Waals surface area contributed by atoms with Crippen LogP contribution in [0.25, 0.3) is 5.57 Å². The molecule has 2 aliphatic rings. The van der Waals surface area contributed by atoms with E-state index in [0.29, 0.717) is 0 Å². The Morgan fingerprint density at radius 3 is 2.30 bits per heavy atom. The van der Waals surface area contributed by atoms with Gasteiger partial charge in [-0.15, -0.1) is 0 Å². The van der Waals surface area contributed by atoms with Crippen LogP contribution in [0.3, 0.4) is 0 Å². The summed E-state index contributed by atoms with van der Waals surface area (Å²) in [4.78, 5) is 0. The van der Waals surface area contributed by atoms with Crippen molar-refractivity contribution < 1.29 is 0 Å². The lowest BCUT2D eigenvalue weighted by Gasteiger charge is -2.21. The molecule has 0 fully saturated rings. The van der Waals surface area contributed by atoms with Crippen molar-refractivity contribution in [1.29, 1.82) is 0 Å². The van der Waals surface area contributed by atoms with Gasteiger partial charge in [0.2, 0.25) is 0 Å². The lowest BCUT2D eigenvalue weighted by atomic mass is 9.82. The monoisotopic (exact) mass is 268 g/mol. The number of hydrogen-bond donors (Lipinski definition) is 0. The molecular weight excluding hydrogens is 240 g/mol. The zero-order valence-electron chi connectivity index (χ0n) is 13.8. The third-order valence-corrected chi connectivity index (χ3v) is 3.71. The minimum atomic E-state index is 0.161. The van der Waals surface area contributed by atoms with Gasteiger partial charge < -0.3 is 0 Å². The molecule has 0 bridgehead atoms. The molecule has 0 heteroatoms. The molecular formula is C20H28. The zero-order valence-corrected chi connectivity index (χ0v) is 13.8. The zero-order chi connectivity index (χ0) is 15.2. The normalized spacial score (nSPS) is 17.1. The van der Waals surface area contributed by atoms with Crippen molar-refractivity contribution in [3.8, 4) is 0 Å². The Balaban J connectivity index is 0.000000461. The standard InChI is InChI=1S/C16H16.2C2H6/c1-16(2)14-10-5-3-4-8-12(14)13-9-6-7-11-15(13)16;2*1-2/h3-4,6-11H,5H2,1-2H3;2*1-2H3. The van der Waals surface area contributed by atoms with Crippen molar-refractivity contribution in [1.82, 2.24) is 0 Å². The van der Waals surface area contributed by atoms with Gasteiger partial charge in [-0.3, -0.25) is 0 Å². The van der Waals surface area contributed by atoms with Gasteiger partial charge in [-0.25, -0.2) is 0 Å². The van der Waals surface area contributed by atoms with Crippen molar-refractivity contribution in [3.63, 3.8) is 0 Å². The van der Waals surface area contributed by atoms with Crippen molar-refractivity contribution >= 4 is 5.57 Å². The summed E-state index contributed by atoms with van der Waals surface area (Å²) in [7, 11) is 0. The molecule has 0 aromatic heterocycles. The van der Waals surface area contributed by atoms with Crippen LogP contribution < -0.4 is 0 Å². The second kappa shape index (κ2) is 7.28. The van der Waals surface area contributed by atoms with Crippen molar-refractivity contribution in [3.05, 3.63) is 65.3 Å². The highest BCUT2D eigenvalue weighted by molar-refractivity contribution is 5.90. The molecule has 0 saturated heterocycles. The van der Waals surface area contributed by atoms with Gasteiger partial charge in [-0.2, -0.15) is 0 Å². The van der Waals surface area contributed by atoms with E-state index in [2.05, 4.69) is 62.4 Å². The highest BCUT2D eigenvalue weighted by Crippen LogP contribution is 2.49. The van der Waals surface area contributed by atoms with Crippen LogP contribution in [0.5, 0.6) is 0 Å². The smallest absolute Gasteiger partial charge is 0.0155 e. The van der Waals surface area contributed by atoms with Gasteiger partial charge in [0.25, 0.3) is 0 Å². The molecule has 3 rings (SSSR count). The van der Waals surface area contributed by atoms with Gasteiger partial charge in [-0.1, -0.05) is 90.1 Å². The summed E-state index contributed by atoms with van der Waals surface area (Å²) in [6.45, 7) is 12.6. The first-order valence-corrected chi connectivity index (χ1v) is 7.89. The minimum absolute atomic E-state index is 0.161. The van der Waals surface area contributed by atoms with Crippen molar-refractivity contribution in [2.45, 2.75) is 53.4 Å². The van der Waals surface area contributed by atoms with Crippen LogP contribution in [0, 0.1) is 0 Å². The Labute approximate surface area is 124 Å². The quantitative estimate of drug-likeness (QED) is 0.518. The van der Waals surface area contributed by atoms with Crippen LogP contribution >= 0.6 is 0 Å². The third-order valence-electron chi connectivity index (χ3n) is 3.71. The van der Waals surface area contributed by atoms with Crippen LogP contribution in [0.15, 0.2) is 54.1 Å². The molecule has 0 aliphatic heterocycles. The number of fused-ring (bicyclic) bond motifs is 3. The molecule has 0 spiro atoms. The van der Waals surface area contributed by atoms with Crippen LogP contribution in [-0.2, 0) is 5.41 Å². The fraction of sp³-hybridized carbons (Fsp3) is 0.400. The highest BCUT2D eigenvalue weighted by Gasteiger charge is 2.37. The fourth-order valence-electron chi connectivity index (χ4n) is 2.86. The Bertz CT molecular complexity index is 525. The summed E-state index contributed by atoms with van der Waals surface area (Å²) >= 11 is 0. The second-order valence-corrected chi connectivity index (χ2v) is 5.03. The average Bonchev–Trinajstić information content (AvgIpc) is 2.70. The van der Waals surface area contributed by atoms with Gasteiger partial charge in [0.05, 0.1) is 0 Å². The van der Waals surface area contributed by atoms with E-state index in [1.807, 2.05) is 27.7 Å². The van der Waals surface area contributed by atoms with Gasteiger partial charge in [0, 0.05) is 5.41 Å². The van der Waals surface area contributed by atoms with Gasteiger partial charge in [-0.05, 0) is 28.7 Å². The van der Waals surface area contributed by atoms with Crippen molar-refractivity contribution in [2.24, 2.45) is 0 Å². The van der Waals surface area contributed by atoms with E-state index in [1.165, 1.54) is 22.3 Å². The molecule has 0 atom stereocenters. The fourth-order valence-corrected chi connectivity index (χ4v) is 2.86. The summed E-state index contributed by atoms with van der Waals surface area (Å²) in [5, 5.41) is 0. The summed E-state index contributed by atoms with van der Waals surface area (Å²) in [6, 6.07) is 8.77. The maximum Gasteiger partial charge on any atom is 0.0155 e.